The molecule has 5 heteroatoms. The van der Waals surface area contributed by atoms with Crippen molar-refractivity contribution in [3.8, 4) is 0 Å². The van der Waals surface area contributed by atoms with Gasteiger partial charge in [-0.05, 0) is 25.7 Å². The molecule has 0 saturated heterocycles. The maximum Gasteiger partial charge on any atom is 0.267 e. The van der Waals surface area contributed by atoms with Crippen molar-refractivity contribution in [1.29, 1.82) is 0 Å². The van der Waals surface area contributed by atoms with Gasteiger partial charge in [0.2, 0.25) is 0 Å². The molecule has 4 nitrogen and oxygen atoms in total. The van der Waals surface area contributed by atoms with Gasteiger partial charge in [0, 0.05) is 0 Å². The minimum atomic E-state index is -3.92. The van der Waals surface area contributed by atoms with E-state index in [4.69, 9.17) is 0 Å². The van der Waals surface area contributed by atoms with Gasteiger partial charge in [0.1, 0.15) is 0 Å². The summed E-state index contributed by atoms with van der Waals surface area (Å²) in [4.78, 5) is 0. The SMILES string of the molecule is CCCCCC(CCCCC(O)CCCC)S(=O)(=O)O. The molecule has 2 unspecified atom stereocenters. The zero-order chi connectivity index (χ0) is 15.4. The maximum absolute atomic E-state index is 11.3. The minimum Gasteiger partial charge on any atom is -0.393 e. The average molecular weight is 308 g/mol. The van der Waals surface area contributed by atoms with Gasteiger partial charge in [-0.15, -0.1) is 0 Å². The predicted molar refractivity (Wildman–Crippen MR) is 83.5 cm³/mol. The smallest absolute Gasteiger partial charge is 0.267 e. The Kier molecular flexibility index (Phi) is 11.4. The number of unbranched alkanes of at least 4 members (excludes halogenated alkanes) is 4. The number of hydrogen-bond donors (Lipinski definition) is 2. The van der Waals surface area contributed by atoms with Crippen LogP contribution in [0.4, 0.5) is 0 Å². The zero-order valence-corrected chi connectivity index (χ0v) is 13.9. The molecule has 0 bridgehead atoms. The predicted octanol–water partition coefficient (Wildman–Crippen LogP) is 3.93. The molecule has 0 aliphatic carbocycles. The summed E-state index contributed by atoms with van der Waals surface area (Å²) in [6.45, 7) is 4.17. The molecule has 2 atom stereocenters. The van der Waals surface area contributed by atoms with E-state index in [9.17, 15) is 18.1 Å². The summed E-state index contributed by atoms with van der Waals surface area (Å²) in [5.41, 5.74) is 0. The summed E-state index contributed by atoms with van der Waals surface area (Å²) in [7, 11) is -3.92. The van der Waals surface area contributed by atoms with Gasteiger partial charge in [0.25, 0.3) is 10.1 Å². The van der Waals surface area contributed by atoms with Crippen molar-refractivity contribution in [3.63, 3.8) is 0 Å². The number of hydrogen-bond acceptors (Lipinski definition) is 3. The second-order valence-electron chi connectivity index (χ2n) is 5.71. The first-order valence-electron chi connectivity index (χ1n) is 8.06. The summed E-state index contributed by atoms with van der Waals surface area (Å²) in [5, 5.41) is 9.09. The van der Waals surface area contributed by atoms with E-state index >= 15 is 0 Å². The van der Waals surface area contributed by atoms with Gasteiger partial charge in [-0.1, -0.05) is 58.8 Å². The summed E-state index contributed by atoms with van der Waals surface area (Å²) >= 11 is 0. The third kappa shape index (κ3) is 10.6. The molecular weight excluding hydrogens is 276 g/mol. The molecule has 0 aliphatic heterocycles. The Morgan fingerprint density at radius 1 is 0.800 bits per heavy atom. The number of rotatable bonds is 13. The molecule has 2 N–H and O–H groups in total. The molecule has 0 fully saturated rings. The fraction of sp³-hybridized carbons (Fsp3) is 1.00. The molecule has 0 aromatic rings. The van der Waals surface area contributed by atoms with E-state index in [1.54, 1.807) is 0 Å². The zero-order valence-electron chi connectivity index (χ0n) is 13.1. The molecular formula is C15H32O4S. The van der Waals surface area contributed by atoms with Crippen molar-refractivity contribution in [3.05, 3.63) is 0 Å². The van der Waals surface area contributed by atoms with Crippen molar-refractivity contribution in [1.82, 2.24) is 0 Å². The molecule has 0 radical (unpaired) electrons. The largest absolute Gasteiger partial charge is 0.393 e. The normalized spacial score (nSPS) is 15.2. The molecule has 20 heavy (non-hydrogen) atoms. The van der Waals surface area contributed by atoms with E-state index in [0.29, 0.717) is 12.8 Å². The Morgan fingerprint density at radius 2 is 1.25 bits per heavy atom. The Labute approximate surface area is 124 Å². The van der Waals surface area contributed by atoms with E-state index in [-0.39, 0.29) is 6.10 Å². The van der Waals surface area contributed by atoms with Gasteiger partial charge in [0.15, 0.2) is 0 Å². The molecule has 0 aliphatic rings. The van der Waals surface area contributed by atoms with Gasteiger partial charge < -0.3 is 5.11 Å². The molecule has 0 rings (SSSR count). The highest BCUT2D eigenvalue weighted by Crippen LogP contribution is 2.18. The second-order valence-corrected chi connectivity index (χ2v) is 7.41. The lowest BCUT2D eigenvalue weighted by atomic mass is 10.0. The van der Waals surface area contributed by atoms with Crippen LogP contribution in [0, 0.1) is 0 Å². The van der Waals surface area contributed by atoms with Gasteiger partial charge >= 0.3 is 0 Å². The van der Waals surface area contributed by atoms with Gasteiger partial charge in [-0.2, -0.15) is 8.42 Å². The average Bonchev–Trinajstić information content (AvgIpc) is 2.37. The fourth-order valence-corrected chi connectivity index (χ4v) is 3.33. The van der Waals surface area contributed by atoms with Crippen molar-refractivity contribution < 1.29 is 18.1 Å². The van der Waals surface area contributed by atoms with Crippen LogP contribution in [0.2, 0.25) is 0 Å². The Morgan fingerprint density at radius 3 is 1.75 bits per heavy atom. The quantitative estimate of drug-likeness (QED) is 0.399. The van der Waals surface area contributed by atoms with E-state index in [1.165, 1.54) is 0 Å². The summed E-state index contributed by atoms with van der Waals surface area (Å²) in [6, 6.07) is 0. The van der Waals surface area contributed by atoms with Crippen LogP contribution in [0.1, 0.15) is 84.5 Å². The lowest BCUT2D eigenvalue weighted by Crippen LogP contribution is -2.20. The van der Waals surface area contributed by atoms with Gasteiger partial charge in [-0.3, -0.25) is 4.55 Å². The van der Waals surface area contributed by atoms with E-state index in [1.807, 2.05) is 0 Å². The van der Waals surface area contributed by atoms with Gasteiger partial charge in [0.05, 0.1) is 11.4 Å². The highest BCUT2D eigenvalue weighted by molar-refractivity contribution is 7.86. The molecule has 0 heterocycles. The molecule has 0 saturated carbocycles. The lowest BCUT2D eigenvalue weighted by Gasteiger charge is -2.14. The minimum absolute atomic E-state index is 0.265. The van der Waals surface area contributed by atoms with Gasteiger partial charge in [-0.25, -0.2) is 0 Å². The molecule has 0 amide bonds. The van der Waals surface area contributed by atoms with Crippen molar-refractivity contribution in [2.24, 2.45) is 0 Å². The van der Waals surface area contributed by atoms with Crippen molar-refractivity contribution in [2.45, 2.75) is 95.8 Å². The van der Waals surface area contributed by atoms with Crippen LogP contribution in [0.5, 0.6) is 0 Å². The topological polar surface area (TPSA) is 74.6 Å². The highest BCUT2D eigenvalue weighted by atomic mass is 32.2. The molecule has 122 valence electrons. The first-order chi connectivity index (χ1) is 9.41. The molecule has 0 spiro atoms. The van der Waals surface area contributed by atoms with Crippen LogP contribution in [0.25, 0.3) is 0 Å². The summed E-state index contributed by atoms with van der Waals surface area (Å²) in [5.74, 6) is 0. The lowest BCUT2D eigenvalue weighted by molar-refractivity contribution is 0.148. The van der Waals surface area contributed by atoms with Crippen LogP contribution in [-0.2, 0) is 10.1 Å². The van der Waals surface area contributed by atoms with Crippen LogP contribution >= 0.6 is 0 Å². The van der Waals surface area contributed by atoms with Crippen LogP contribution < -0.4 is 0 Å². The van der Waals surface area contributed by atoms with E-state index in [2.05, 4.69) is 13.8 Å². The van der Waals surface area contributed by atoms with Crippen LogP contribution in [0.3, 0.4) is 0 Å². The van der Waals surface area contributed by atoms with E-state index in [0.717, 1.165) is 57.8 Å². The Balaban J connectivity index is 3.90. The molecule has 0 aromatic carbocycles. The number of aliphatic hydroxyl groups excluding tert-OH is 1. The van der Waals surface area contributed by atoms with Crippen molar-refractivity contribution >= 4 is 10.1 Å². The second kappa shape index (κ2) is 11.5. The fourth-order valence-electron chi connectivity index (χ4n) is 2.40. The first kappa shape index (κ1) is 19.9. The first-order valence-corrected chi connectivity index (χ1v) is 9.56. The summed E-state index contributed by atoms with van der Waals surface area (Å²) < 4.78 is 31.8. The Bertz CT molecular complexity index is 314. The van der Waals surface area contributed by atoms with Crippen molar-refractivity contribution in [2.75, 3.05) is 0 Å². The van der Waals surface area contributed by atoms with E-state index < -0.39 is 15.4 Å². The summed E-state index contributed by atoms with van der Waals surface area (Å²) in [6.07, 6.45) is 8.93. The maximum atomic E-state index is 11.3. The van der Waals surface area contributed by atoms with Crippen LogP contribution in [-0.4, -0.2) is 29.4 Å². The highest BCUT2D eigenvalue weighted by Gasteiger charge is 2.21. The third-order valence-corrected chi connectivity index (χ3v) is 5.07. The van der Waals surface area contributed by atoms with Crippen LogP contribution in [0.15, 0.2) is 0 Å². The standard InChI is InChI=1S/C15H32O4S/c1-3-5-7-12-15(20(17,18)19)13-9-8-11-14(16)10-6-4-2/h14-16H,3-13H2,1-2H3,(H,17,18,19). The number of aliphatic hydroxyl groups is 1. The Hall–Kier alpha value is -0.130. The molecule has 0 aromatic heterocycles. The third-order valence-electron chi connectivity index (χ3n) is 3.76. The monoisotopic (exact) mass is 308 g/mol.